The van der Waals surface area contributed by atoms with E-state index in [9.17, 15) is 0 Å². The molecule has 0 saturated carbocycles. The Labute approximate surface area is 69.0 Å². The summed E-state index contributed by atoms with van der Waals surface area (Å²) < 4.78 is 0. The van der Waals surface area contributed by atoms with E-state index >= 15 is 0 Å². The summed E-state index contributed by atoms with van der Waals surface area (Å²) in [6.07, 6.45) is 4.22. The second-order valence-electron chi connectivity index (χ2n) is 3.79. The summed E-state index contributed by atoms with van der Waals surface area (Å²) in [6.45, 7) is 8.55. The Balaban J connectivity index is 3.01. The quantitative estimate of drug-likeness (QED) is 0.564. The molecule has 2 unspecified atom stereocenters. The molecular weight excluding hydrogens is 134 g/mol. The second kappa shape index (κ2) is 2.49. The molecule has 11 heavy (non-hydrogen) atoms. The predicted molar refractivity (Wildman–Crippen MR) is 49.3 cm³/mol. The Kier molecular flexibility index (Phi) is 1.93. The first-order chi connectivity index (χ1) is 4.95. The van der Waals surface area contributed by atoms with Gasteiger partial charge >= 0.3 is 0 Å². The molecule has 0 fully saturated rings. The van der Waals surface area contributed by atoms with Crippen LogP contribution >= 0.6 is 0 Å². The van der Waals surface area contributed by atoms with E-state index < -0.39 is 0 Å². The molecule has 62 valence electrons. The molecule has 1 nitrogen and oxygen atoms in total. The van der Waals surface area contributed by atoms with E-state index in [1.54, 1.807) is 0 Å². The average Bonchev–Trinajstić information content (AvgIpc) is 1.95. The normalized spacial score (nSPS) is 38.1. The fourth-order valence-corrected chi connectivity index (χ4v) is 1.39. The Morgan fingerprint density at radius 2 is 2.00 bits per heavy atom. The van der Waals surface area contributed by atoms with E-state index in [0.717, 1.165) is 0 Å². The predicted octanol–water partition coefficient (Wildman–Crippen LogP) is 2.25. The van der Waals surface area contributed by atoms with Crippen LogP contribution in [0.15, 0.2) is 23.3 Å². The van der Waals surface area contributed by atoms with Crippen molar-refractivity contribution in [1.82, 2.24) is 0 Å². The van der Waals surface area contributed by atoms with Gasteiger partial charge in [-0.3, -0.25) is 0 Å². The van der Waals surface area contributed by atoms with Crippen LogP contribution in [-0.2, 0) is 0 Å². The van der Waals surface area contributed by atoms with Gasteiger partial charge in [-0.15, -0.1) is 0 Å². The first-order valence-corrected chi connectivity index (χ1v) is 4.10. The zero-order valence-corrected chi connectivity index (χ0v) is 7.81. The molecule has 0 saturated heterocycles. The Morgan fingerprint density at radius 1 is 1.45 bits per heavy atom. The maximum atomic E-state index is 6.05. The molecule has 0 spiro atoms. The molecule has 0 radical (unpaired) electrons. The molecular formula is C10H17N. The van der Waals surface area contributed by atoms with E-state index in [1.807, 2.05) is 0 Å². The van der Waals surface area contributed by atoms with Gasteiger partial charge in [0.1, 0.15) is 0 Å². The topological polar surface area (TPSA) is 26.0 Å². The fraction of sp³-hybridized carbons (Fsp3) is 0.600. The van der Waals surface area contributed by atoms with Gasteiger partial charge in [-0.05, 0) is 26.7 Å². The van der Waals surface area contributed by atoms with Gasteiger partial charge < -0.3 is 5.73 Å². The van der Waals surface area contributed by atoms with Gasteiger partial charge in [-0.1, -0.05) is 30.2 Å². The minimum absolute atomic E-state index is 0.149. The van der Waals surface area contributed by atoms with E-state index in [-0.39, 0.29) is 5.54 Å². The average molecular weight is 151 g/mol. The van der Waals surface area contributed by atoms with Gasteiger partial charge in [0.15, 0.2) is 0 Å². The van der Waals surface area contributed by atoms with Crippen molar-refractivity contribution in [1.29, 1.82) is 0 Å². The number of allylic oxidation sites excluding steroid dienone is 2. The summed E-state index contributed by atoms with van der Waals surface area (Å²) in [4.78, 5) is 0. The summed E-state index contributed by atoms with van der Waals surface area (Å²) in [6, 6.07) is 0. The number of hydrogen-bond donors (Lipinski definition) is 1. The second-order valence-corrected chi connectivity index (χ2v) is 3.79. The lowest BCUT2D eigenvalue weighted by Gasteiger charge is -2.33. The summed E-state index contributed by atoms with van der Waals surface area (Å²) in [5, 5.41) is 0. The standard InChI is InChI=1S/C10H17N/c1-7-5-6-10(4,11)9(3)8(7)2/h5-6,9H,11H2,1-4H3. The fourth-order valence-electron chi connectivity index (χ4n) is 1.39. The molecule has 1 aliphatic carbocycles. The highest BCUT2D eigenvalue weighted by molar-refractivity contribution is 5.34. The van der Waals surface area contributed by atoms with Crippen LogP contribution in [0.3, 0.4) is 0 Å². The minimum atomic E-state index is -0.149. The van der Waals surface area contributed by atoms with Gasteiger partial charge in [0.25, 0.3) is 0 Å². The number of rotatable bonds is 0. The third-order valence-electron chi connectivity index (χ3n) is 2.90. The summed E-state index contributed by atoms with van der Waals surface area (Å²) in [5.41, 5.74) is 8.68. The zero-order valence-electron chi connectivity index (χ0n) is 7.81. The highest BCUT2D eigenvalue weighted by Crippen LogP contribution is 2.30. The van der Waals surface area contributed by atoms with Crippen LogP contribution in [0.5, 0.6) is 0 Å². The van der Waals surface area contributed by atoms with Crippen LogP contribution in [0, 0.1) is 5.92 Å². The van der Waals surface area contributed by atoms with Crippen LogP contribution in [-0.4, -0.2) is 5.54 Å². The molecule has 1 aliphatic rings. The van der Waals surface area contributed by atoms with Gasteiger partial charge in [-0.25, -0.2) is 0 Å². The van der Waals surface area contributed by atoms with Gasteiger partial charge in [-0.2, -0.15) is 0 Å². The smallest absolute Gasteiger partial charge is 0.0377 e. The molecule has 0 aliphatic heterocycles. The number of nitrogens with two attached hydrogens (primary N) is 1. The van der Waals surface area contributed by atoms with Crippen LogP contribution in [0.4, 0.5) is 0 Å². The first kappa shape index (κ1) is 8.54. The van der Waals surface area contributed by atoms with Crippen molar-refractivity contribution >= 4 is 0 Å². The van der Waals surface area contributed by atoms with Gasteiger partial charge in [0.05, 0.1) is 0 Å². The van der Waals surface area contributed by atoms with Crippen molar-refractivity contribution in [2.45, 2.75) is 33.2 Å². The maximum Gasteiger partial charge on any atom is 0.0377 e. The van der Waals surface area contributed by atoms with E-state index in [1.165, 1.54) is 11.1 Å². The molecule has 2 atom stereocenters. The lowest BCUT2D eigenvalue weighted by molar-refractivity contribution is 0.431. The van der Waals surface area contributed by atoms with Crippen LogP contribution in [0.1, 0.15) is 27.7 Å². The third kappa shape index (κ3) is 1.38. The molecule has 0 amide bonds. The van der Waals surface area contributed by atoms with Gasteiger partial charge in [0.2, 0.25) is 0 Å². The van der Waals surface area contributed by atoms with Crippen molar-refractivity contribution in [3.8, 4) is 0 Å². The van der Waals surface area contributed by atoms with Crippen molar-refractivity contribution in [2.75, 3.05) is 0 Å². The highest BCUT2D eigenvalue weighted by atomic mass is 14.7. The number of hydrogen-bond acceptors (Lipinski definition) is 1. The molecule has 1 rings (SSSR count). The Bertz CT molecular complexity index is 221. The lowest BCUT2D eigenvalue weighted by atomic mass is 9.77. The molecule has 0 aromatic carbocycles. The highest BCUT2D eigenvalue weighted by Gasteiger charge is 2.27. The zero-order chi connectivity index (χ0) is 8.65. The van der Waals surface area contributed by atoms with Gasteiger partial charge in [0, 0.05) is 5.54 Å². The summed E-state index contributed by atoms with van der Waals surface area (Å²) in [7, 11) is 0. The third-order valence-corrected chi connectivity index (χ3v) is 2.90. The molecule has 0 aromatic heterocycles. The maximum absolute atomic E-state index is 6.05. The van der Waals surface area contributed by atoms with Crippen LogP contribution in [0.25, 0.3) is 0 Å². The van der Waals surface area contributed by atoms with Crippen LogP contribution < -0.4 is 5.73 Å². The lowest BCUT2D eigenvalue weighted by Crippen LogP contribution is -2.42. The first-order valence-electron chi connectivity index (χ1n) is 4.10. The van der Waals surface area contributed by atoms with Crippen LogP contribution in [0.2, 0.25) is 0 Å². The molecule has 0 bridgehead atoms. The molecule has 1 heteroatoms. The van der Waals surface area contributed by atoms with Crippen molar-refractivity contribution in [3.63, 3.8) is 0 Å². The Hall–Kier alpha value is -0.560. The SMILES string of the molecule is CC1=C(C)C(C)C(C)(N)C=C1. The van der Waals surface area contributed by atoms with E-state index in [0.29, 0.717) is 5.92 Å². The Morgan fingerprint density at radius 3 is 2.45 bits per heavy atom. The van der Waals surface area contributed by atoms with Crippen molar-refractivity contribution in [3.05, 3.63) is 23.3 Å². The largest absolute Gasteiger partial charge is 0.322 e. The summed E-state index contributed by atoms with van der Waals surface area (Å²) >= 11 is 0. The molecule has 0 heterocycles. The monoisotopic (exact) mass is 151 g/mol. The van der Waals surface area contributed by atoms with Crippen molar-refractivity contribution < 1.29 is 0 Å². The molecule has 2 N–H and O–H groups in total. The van der Waals surface area contributed by atoms with E-state index in [2.05, 4.69) is 39.8 Å². The summed E-state index contributed by atoms with van der Waals surface area (Å²) in [5.74, 6) is 0.465. The molecule has 0 aromatic rings. The van der Waals surface area contributed by atoms with E-state index in [4.69, 9.17) is 5.73 Å². The minimum Gasteiger partial charge on any atom is -0.322 e. The van der Waals surface area contributed by atoms with Crippen molar-refractivity contribution in [2.24, 2.45) is 11.7 Å².